The Morgan fingerprint density at radius 3 is 2.37 bits per heavy atom. The van der Waals surface area contributed by atoms with Crippen LogP contribution in [0.15, 0.2) is 29.2 Å². The van der Waals surface area contributed by atoms with Gasteiger partial charge in [-0.05, 0) is 37.3 Å². The van der Waals surface area contributed by atoms with Crippen molar-refractivity contribution in [1.82, 2.24) is 0 Å². The summed E-state index contributed by atoms with van der Waals surface area (Å²) in [6.07, 6.45) is 0.855. The zero-order chi connectivity index (χ0) is 14.0. The maximum Gasteiger partial charge on any atom is 0.134 e. The second-order valence-corrected chi connectivity index (χ2v) is 6.76. The zero-order valence-electron chi connectivity index (χ0n) is 12.2. The Balaban J connectivity index is 2.08. The third-order valence-corrected chi connectivity index (χ3v) is 5.38. The van der Waals surface area contributed by atoms with Gasteiger partial charge in [0.1, 0.15) is 5.44 Å². The van der Waals surface area contributed by atoms with E-state index in [1.165, 1.54) is 5.56 Å². The van der Waals surface area contributed by atoms with E-state index in [-0.39, 0.29) is 17.5 Å². The van der Waals surface area contributed by atoms with Crippen molar-refractivity contribution in [1.29, 1.82) is 0 Å². The number of rotatable bonds is 3. The molecule has 106 valence electrons. The maximum atomic E-state index is 10.4. The number of aliphatic hydroxyl groups excluding tert-OH is 1. The van der Waals surface area contributed by atoms with Crippen molar-refractivity contribution in [3.8, 4) is 0 Å². The molecule has 0 aliphatic carbocycles. The molecule has 1 N–H and O–H groups in total. The van der Waals surface area contributed by atoms with Crippen LogP contribution in [0, 0.1) is 18.8 Å². The SMILES string of the molecule is CCC1O[C@H](Sc2ccc(C)cc2)C(O)[C@@H](C)[C@@H]1C. The van der Waals surface area contributed by atoms with Gasteiger partial charge in [0.15, 0.2) is 0 Å². The van der Waals surface area contributed by atoms with Crippen LogP contribution in [-0.4, -0.2) is 22.8 Å². The molecule has 3 heteroatoms. The summed E-state index contributed by atoms with van der Waals surface area (Å²) in [5.41, 5.74) is 1.10. The first kappa shape index (κ1) is 14.9. The average Bonchev–Trinajstić information content (AvgIpc) is 2.42. The van der Waals surface area contributed by atoms with Crippen LogP contribution in [0.3, 0.4) is 0 Å². The number of ether oxygens (including phenoxy) is 1. The first-order chi connectivity index (χ1) is 9.02. The summed E-state index contributed by atoms with van der Waals surface area (Å²) in [5, 5.41) is 10.4. The second kappa shape index (κ2) is 6.29. The molecule has 1 saturated heterocycles. The lowest BCUT2D eigenvalue weighted by Crippen LogP contribution is -2.47. The van der Waals surface area contributed by atoms with Gasteiger partial charge in [0.05, 0.1) is 12.2 Å². The highest BCUT2D eigenvalue weighted by Gasteiger charge is 2.40. The highest BCUT2D eigenvalue weighted by molar-refractivity contribution is 7.99. The van der Waals surface area contributed by atoms with E-state index in [2.05, 4.69) is 52.0 Å². The first-order valence-electron chi connectivity index (χ1n) is 7.09. The number of aliphatic hydroxyl groups is 1. The van der Waals surface area contributed by atoms with Gasteiger partial charge < -0.3 is 9.84 Å². The van der Waals surface area contributed by atoms with Crippen molar-refractivity contribution < 1.29 is 9.84 Å². The van der Waals surface area contributed by atoms with Crippen LogP contribution < -0.4 is 0 Å². The third kappa shape index (κ3) is 3.33. The summed E-state index contributed by atoms with van der Waals surface area (Å²) in [4.78, 5) is 1.16. The Morgan fingerprint density at radius 1 is 1.16 bits per heavy atom. The molecule has 1 fully saturated rings. The summed E-state index contributed by atoms with van der Waals surface area (Å²) in [7, 11) is 0. The Kier molecular flexibility index (Phi) is 4.93. The largest absolute Gasteiger partial charge is 0.389 e. The van der Waals surface area contributed by atoms with Crippen molar-refractivity contribution in [2.24, 2.45) is 11.8 Å². The van der Waals surface area contributed by atoms with Crippen molar-refractivity contribution in [3.63, 3.8) is 0 Å². The number of benzene rings is 1. The topological polar surface area (TPSA) is 29.5 Å². The predicted octanol–water partition coefficient (Wildman–Crippen LogP) is 3.86. The molecule has 1 aromatic carbocycles. The fourth-order valence-corrected chi connectivity index (χ4v) is 3.74. The van der Waals surface area contributed by atoms with Crippen molar-refractivity contribution in [2.75, 3.05) is 0 Å². The smallest absolute Gasteiger partial charge is 0.134 e. The van der Waals surface area contributed by atoms with E-state index < -0.39 is 6.10 Å². The zero-order valence-corrected chi connectivity index (χ0v) is 13.0. The van der Waals surface area contributed by atoms with Crippen molar-refractivity contribution >= 4 is 11.8 Å². The summed E-state index contributed by atoms with van der Waals surface area (Å²) in [5.74, 6) is 0.691. The van der Waals surface area contributed by atoms with E-state index in [9.17, 15) is 5.11 Å². The summed E-state index contributed by atoms with van der Waals surface area (Å²) in [6, 6.07) is 8.39. The van der Waals surface area contributed by atoms with Crippen molar-refractivity contribution in [2.45, 2.75) is 56.7 Å². The van der Waals surface area contributed by atoms with Gasteiger partial charge in [-0.15, -0.1) is 0 Å². The van der Waals surface area contributed by atoms with E-state index in [1.807, 2.05) is 0 Å². The Labute approximate surface area is 120 Å². The molecule has 2 nitrogen and oxygen atoms in total. The van der Waals surface area contributed by atoms with Gasteiger partial charge in [0.2, 0.25) is 0 Å². The Morgan fingerprint density at radius 2 is 1.79 bits per heavy atom. The summed E-state index contributed by atoms with van der Waals surface area (Å²) in [6.45, 7) is 8.54. The average molecular weight is 280 g/mol. The van der Waals surface area contributed by atoms with Gasteiger partial charge in [0.25, 0.3) is 0 Å². The van der Waals surface area contributed by atoms with Crippen LogP contribution in [-0.2, 0) is 4.74 Å². The molecule has 0 spiro atoms. The van der Waals surface area contributed by atoms with E-state index in [0.717, 1.165) is 11.3 Å². The maximum absolute atomic E-state index is 10.4. The predicted molar refractivity (Wildman–Crippen MR) is 80.3 cm³/mol. The molecule has 1 aromatic rings. The molecule has 19 heavy (non-hydrogen) atoms. The van der Waals surface area contributed by atoms with E-state index in [4.69, 9.17) is 4.74 Å². The Bertz CT molecular complexity index is 402. The molecule has 0 aromatic heterocycles. The fraction of sp³-hybridized carbons (Fsp3) is 0.625. The van der Waals surface area contributed by atoms with Crippen LogP contribution in [0.4, 0.5) is 0 Å². The minimum absolute atomic E-state index is 0.154. The molecule has 5 atom stereocenters. The van der Waals surface area contributed by atoms with Crippen molar-refractivity contribution in [3.05, 3.63) is 29.8 Å². The second-order valence-electron chi connectivity index (χ2n) is 5.59. The van der Waals surface area contributed by atoms with Crippen LogP contribution >= 0.6 is 11.8 Å². The molecular weight excluding hydrogens is 256 g/mol. The van der Waals surface area contributed by atoms with E-state index in [0.29, 0.717) is 5.92 Å². The monoisotopic (exact) mass is 280 g/mol. The molecule has 0 bridgehead atoms. The summed E-state index contributed by atoms with van der Waals surface area (Å²) >= 11 is 1.63. The Hall–Kier alpha value is -0.510. The number of hydrogen-bond acceptors (Lipinski definition) is 3. The number of hydrogen-bond donors (Lipinski definition) is 1. The van der Waals surface area contributed by atoms with Gasteiger partial charge in [-0.3, -0.25) is 0 Å². The van der Waals surface area contributed by atoms with Crippen LogP contribution in [0.1, 0.15) is 32.8 Å². The highest BCUT2D eigenvalue weighted by Crippen LogP contribution is 2.39. The van der Waals surface area contributed by atoms with Gasteiger partial charge in [0, 0.05) is 4.90 Å². The molecule has 2 rings (SSSR count). The molecule has 0 saturated carbocycles. The van der Waals surface area contributed by atoms with Gasteiger partial charge in [-0.2, -0.15) is 0 Å². The van der Waals surface area contributed by atoms with Crippen LogP contribution in [0.25, 0.3) is 0 Å². The first-order valence-corrected chi connectivity index (χ1v) is 7.97. The summed E-state index contributed by atoms with van der Waals surface area (Å²) < 4.78 is 6.08. The van der Waals surface area contributed by atoms with E-state index in [1.54, 1.807) is 11.8 Å². The number of aryl methyl sites for hydroxylation is 1. The minimum Gasteiger partial charge on any atom is -0.389 e. The van der Waals surface area contributed by atoms with Gasteiger partial charge >= 0.3 is 0 Å². The normalized spacial score (nSPS) is 35.3. The van der Waals surface area contributed by atoms with Gasteiger partial charge in [-0.25, -0.2) is 0 Å². The fourth-order valence-electron chi connectivity index (χ4n) is 2.59. The molecule has 0 amide bonds. The number of thioether (sulfide) groups is 1. The molecule has 1 aliphatic heterocycles. The third-order valence-electron chi connectivity index (χ3n) is 4.22. The molecule has 1 heterocycles. The lowest BCUT2D eigenvalue weighted by molar-refractivity contribution is -0.133. The lowest BCUT2D eigenvalue weighted by Gasteiger charge is -2.42. The standard InChI is InChI=1S/C16H24O2S/c1-5-14-11(3)12(4)15(17)16(18-14)19-13-8-6-10(2)7-9-13/h6-9,11-12,14-17H,5H2,1-4H3/t11-,12-,14?,15?,16+/m0/s1. The van der Waals surface area contributed by atoms with Crippen LogP contribution in [0.2, 0.25) is 0 Å². The highest BCUT2D eigenvalue weighted by atomic mass is 32.2. The van der Waals surface area contributed by atoms with Gasteiger partial charge in [-0.1, -0.05) is 50.2 Å². The molecule has 1 aliphatic rings. The van der Waals surface area contributed by atoms with E-state index >= 15 is 0 Å². The lowest BCUT2D eigenvalue weighted by atomic mass is 9.83. The molecule has 2 unspecified atom stereocenters. The quantitative estimate of drug-likeness (QED) is 0.912. The van der Waals surface area contributed by atoms with Crippen LogP contribution in [0.5, 0.6) is 0 Å². The molecular formula is C16H24O2S. The molecule has 0 radical (unpaired) electrons. The minimum atomic E-state index is -0.399.